The normalized spacial score (nSPS) is 12.2. The molecule has 0 unspecified atom stereocenters. The Morgan fingerprint density at radius 3 is 2.30 bits per heavy atom. The molecule has 0 aromatic carbocycles. The van der Waals surface area contributed by atoms with E-state index < -0.39 is 10.0 Å². The van der Waals surface area contributed by atoms with Gasteiger partial charge in [-0.25, -0.2) is 13.1 Å². The maximum absolute atomic E-state index is 11.2. The molecular weight excluding hydrogens is 391 g/mol. The Morgan fingerprint density at radius 2 is 1.80 bits per heavy atom. The van der Waals surface area contributed by atoms with Crippen molar-refractivity contribution in [1.82, 2.24) is 15.4 Å². The lowest BCUT2D eigenvalue weighted by Gasteiger charge is -2.12. The van der Waals surface area contributed by atoms with Crippen LogP contribution in [0.4, 0.5) is 0 Å². The first-order chi connectivity index (χ1) is 8.91. The van der Waals surface area contributed by atoms with Gasteiger partial charge in [0.25, 0.3) is 0 Å². The number of guanidine groups is 1. The Balaban J connectivity index is 0. The fourth-order valence-electron chi connectivity index (χ4n) is 1.27. The van der Waals surface area contributed by atoms with E-state index in [1.807, 2.05) is 6.92 Å². The lowest BCUT2D eigenvalue weighted by atomic mass is 10.1. The number of hydrogen-bond donors (Lipinski definition) is 3. The molecule has 0 atom stereocenters. The zero-order chi connectivity index (χ0) is 14.7. The molecule has 0 radical (unpaired) electrons. The monoisotopic (exact) mass is 420 g/mol. The SMILES string of the molecule is CCNC(=NCCC(C)C)NCCNS(=O)(=O)CC.I. The van der Waals surface area contributed by atoms with Gasteiger partial charge in [0.15, 0.2) is 5.96 Å². The number of sulfonamides is 1. The van der Waals surface area contributed by atoms with Crippen molar-refractivity contribution < 1.29 is 8.42 Å². The molecule has 0 rings (SSSR count). The number of hydrogen-bond acceptors (Lipinski definition) is 3. The summed E-state index contributed by atoms with van der Waals surface area (Å²) < 4.78 is 25.0. The van der Waals surface area contributed by atoms with E-state index in [9.17, 15) is 8.42 Å². The summed E-state index contributed by atoms with van der Waals surface area (Å²) in [5.41, 5.74) is 0. The maximum Gasteiger partial charge on any atom is 0.211 e. The molecule has 0 spiro atoms. The van der Waals surface area contributed by atoms with Crippen LogP contribution in [0.25, 0.3) is 0 Å². The molecule has 0 bridgehead atoms. The van der Waals surface area contributed by atoms with Crippen LogP contribution in [-0.2, 0) is 10.0 Å². The lowest BCUT2D eigenvalue weighted by molar-refractivity contribution is 0.581. The third kappa shape index (κ3) is 12.9. The molecule has 0 saturated carbocycles. The van der Waals surface area contributed by atoms with Crippen LogP contribution in [0.2, 0.25) is 0 Å². The van der Waals surface area contributed by atoms with Gasteiger partial charge in [-0.05, 0) is 26.2 Å². The summed E-state index contributed by atoms with van der Waals surface area (Å²) in [6, 6.07) is 0. The van der Waals surface area contributed by atoms with Crippen LogP contribution < -0.4 is 15.4 Å². The van der Waals surface area contributed by atoms with Gasteiger partial charge >= 0.3 is 0 Å². The summed E-state index contributed by atoms with van der Waals surface area (Å²) in [5, 5.41) is 6.23. The third-order valence-corrected chi connectivity index (χ3v) is 3.84. The van der Waals surface area contributed by atoms with Gasteiger partial charge in [0.05, 0.1) is 5.75 Å². The zero-order valence-corrected chi connectivity index (χ0v) is 16.0. The second-order valence-corrected chi connectivity index (χ2v) is 6.76. The lowest BCUT2D eigenvalue weighted by Crippen LogP contribution is -2.41. The highest BCUT2D eigenvalue weighted by molar-refractivity contribution is 14.0. The van der Waals surface area contributed by atoms with E-state index in [4.69, 9.17) is 0 Å². The second-order valence-electron chi connectivity index (χ2n) is 4.67. The highest BCUT2D eigenvalue weighted by Crippen LogP contribution is 1.98. The molecule has 0 aromatic rings. The van der Waals surface area contributed by atoms with Gasteiger partial charge in [-0.3, -0.25) is 4.99 Å². The standard InChI is InChI=1S/C12H28N4O2S.HI/c1-5-13-12(14-8-7-11(3)4)15-9-10-16-19(17,18)6-2;/h11,16H,5-10H2,1-4H3,(H2,13,14,15);1H. The molecule has 20 heavy (non-hydrogen) atoms. The van der Waals surface area contributed by atoms with E-state index in [1.165, 1.54) is 0 Å². The summed E-state index contributed by atoms with van der Waals surface area (Å²) in [5.74, 6) is 1.47. The molecule has 0 fully saturated rings. The fraction of sp³-hybridized carbons (Fsp3) is 0.917. The van der Waals surface area contributed by atoms with Gasteiger partial charge in [-0.2, -0.15) is 0 Å². The van der Waals surface area contributed by atoms with Gasteiger partial charge in [-0.15, -0.1) is 24.0 Å². The molecule has 0 aliphatic carbocycles. The largest absolute Gasteiger partial charge is 0.357 e. The molecule has 122 valence electrons. The van der Waals surface area contributed by atoms with Gasteiger partial charge in [0.2, 0.25) is 10.0 Å². The van der Waals surface area contributed by atoms with E-state index >= 15 is 0 Å². The van der Waals surface area contributed by atoms with Crippen LogP contribution in [0.15, 0.2) is 4.99 Å². The Kier molecular flexibility index (Phi) is 14.0. The average Bonchev–Trinajstić information content (AvgIpc) is 2.34. The van der Waals surface area contributed by atoms with Crippen LogP contribution in [0, 0.1) is 5.92 Å². The smallest absolute Gasteiger partial charge is 0.211 e. The van der Waals surface area contributed by atoms with Gasteiger partial charge in [0.1, 0.15) is 0 Å². The van der Waals surface area contributed by atoms with E-state index in [-0.39, 0.29) is 29.7 Å². The maximum atomic E-state index is 11.2. The van der Waals surface area contributed by atoms with Crippen molar-refractivity contribution >= 4 is 40.0 Å². The van der Waals surface area contributed by atoms with Crippen LogP contribution >= 0.6 is 24.0 Å². The number of rotatable bonds is 9. The first kappa shape index (κ1) is 22.2. The Labute approximate surface area is 140 Å². The van der Waals surface area contributed by atoms with Crippen molar-refractivity contribution in [3.05, 3.63) is 0 Å². The molecule has 8 heteroatoms. The Bertz CT molecular complexity index is 358. The predicted octanol–water partition coefficient (Wildman–Crippen LogP) is 1.14. The Morgan fingerprint density at radius 1 is 1.15 bits per heavy atom. The van der Waals surface area contributed by atoms with Crippen molar-refractivity contribution in [2.45, 2.75) is 34.1 Å². The number of nitrogens with zero attached hydrogens (tertiary/aromatic N) is 1. The highest BCUT2D eigenvalue weighted by Gasteiger charge is 2.04. The number of aliphatic imine (C=N–C) groups is 1. The predicted molar refractivity (Wildman–Crippen MR) is 96.3 cm³/mol. The van der Waals surface area contributed by atoms with Crippen molar-refractivity contribution in [3.8, 4) is 0 Å². The van der Waals surface area contributed by atoms with Crippen LogP contribution in [-0.4, -0.2) is 46.3 Å². The summed E-state index contributed by atoms with van der Waals surface area (Å²) >= 11 is 0. The van der Waals surface area contributed by atoms with E-state index in [1.54, 1.807) is 6.92 Å². The summed E-state index contributed by atoms with van der Waals surface area (Å²) in [6.07, 6.45) is 1.04. The molecule has 0 heterocycles. The fourth-order valence-corrected chi connectivity index (χ4v) is 1.88. The van der Waals surface area contributed by atoms with Gasteiger partial charge in [-0.1, -0.05) is 13.8 Å². The van der Waals surface area contributed by atoms with Crippen molar-refractivity contribution in [2.24, 2.45) is 10.9 Å². The minimum Gasteiger partial charge on any atom is -0.357 e. The minimum absolute atomic E-state index is 0. The number of halogens is 1. The second kappa shape index (κ2) is 12.6. The first-order valence-electron chi connectivity index (χ1n) is 6.90. The topological polar surface area (TPSA) is 82.6 Å². The van der Waals surface area contributed by atoms with E-state index in [0.717, 1.165) is 25.5 Å². The summed E-state index contributed by atoms with van der Waals surface area (Å²) in [7, 11) is -3.11. The summed E-state index contributed by atoms with van der Waals surface area (Å²) in [6.45, 7) is 10.4. The third-order valence-electron chi connectivity index (χ3n) is 2.44. The van der Waals surface area contributed by atoms with Crippen molar-refractivity contribution in [3.63, 3.8) is 0 Å². The van der Waals surface area contributed by atoms with Crippen LogP contribution in [0.1, 0.15) is 34.1 Å². The molecule has 0 aromatic heterocycles. The molecule has 0 aliphatic rings. The van der Waals surface area contributed by atoms with E-state index in [0.29, 0.717) is 19.0 Å². The van der Waals surface area contributed by atoms with Crippen LogP contribution in [0.5, 0.6) is 0 Å². The Hall–Kier alpha value is -0.0900. The van der Waals surface area contributed by atoms with Crippen molar-refractivity contribution in [2.75, 3.05) is 31.9 Å². The molecule has 6 nitrogen and oxygen atoms in total. The molecule has 0 aliphatic heterocycles. The average molecular weight is 420 g/mol. The molecule has 0 amide bonds. The van der Waals surface area contributed by atoms with Crippen molar-refractivity contribution in [1.29, 1.82) is 0 Å². The highest BCUT2D eigenvalue weighted by atomic mass is 127. The zero-order valence-electron chi connectivity index (χ0n) is 12.9. The number of nitrogens with one attached hydrogen (secondary N) is 3. The molecule has 3 N–H and O–H groups in total. The van der Waals surface area contributed by atoms with Gasteiger partial charge < -0.3 is 10.6 Å². The first-order valence-corrected chi connectivity index (χ1v) is 8.56. The molecular formula is C12H29IN4O2S. The summed E-state index contributed by atoms with van der Waals surface area (Å²) in [4.78, 5) is 4.42. The van der Waals surface area contributed by atoms with Crippen LogP contribution in [0.3, 0.4) is 0 Å². The molecule has 0 saturated heterocycles. The van der Waals surface area contributed by atoms with E-state index in [2.05, 4.69) is 34.2 Å². The quantitative estimate of drug-likeness (QED) is 0.226. The minimum atomic E-state index is -3.11. The van der Waals surface area contributed by atoms with Gasteiger partial charge in [0, 0.05) is 26.2 Å².